The van der Waals surface area contributed by atoms with E-state index in [1.54, 1.807) is 0 Å². The molecule has 1 aliphatic carbocycles. The highest BCUT2D eigenvalue weighted by Crippen LogP contribution is 2.28. The predicted octanol–water partition coefficient (Wildman–Crippen LogP) is 5.61. The van der Waals surface area contributed by atoms with Crippen LogP contribution in [0.2, 0.25) is 0 Å². The molecule has 35 heavy (non-hydrogen) atoms. The lowest BCUT2D eigenvalue weighted by Crippen LogP contribution is -2.36. The van der Waals surface area contributed by atoms with Crippen molar-refractivity contribution in [2.45, 2.75) is 58.4 Å². The average Bonchev–Trinajstić information content (AvgIpc) is 2.87. The third-order valence-corrected chi connectivity index (χ3v) is 6.98. The van der Waals surface area contributed by atoms with Gasteiger partial charge in [0.15, 0.2) is 0 Å². The highest BCUT2D eigenvalue weighted by molar-refractivity contribution is 5.91. The maximum Gasteiger partial charge on any atom is 0.319 e. The first kappa shape index (κ1) is 24.8. The van der Waals surface area contributed by atoms with Gasteiger partial charge in [-0.15, -0.1) is 0 Å². The molecule has 0 spiro atoms. The molecular weight excluding hydrogens is 436 g/mol. The zero-order valence-electron chi connectivity index (χ0n) is 21.4. The Morgan fingerprint density at radius 3 is 2.29 bits per heavy atom. The second-order valence-electron chi connectivity index (χ2n) is 9.64. The molecule has 1 aliphatic rings. The molecule has 2 aromatic carbocycles. The maximum absolute atomic E-state index is 12.6. The number of hydrogen-bond donors (Lipinski definition) is 3. The van der Waals surface area contributed by atoms with Gasteiger partial charge < -0.3 is 20.9 Å². The first-order valence-corrected chi connectivity index (χ1v) is 12.8. The van der Waals surface area contributed by atoms with E-state index in [-0.39, 0.29) is 6.03 Å². The Balaban J connectivity index is 1.29. The molecule has 1 aromatic heterocycles. The summed E-state index contributed by atoms with van der Waals surface area (Å²) >= 11 is 0. The summed E-state index contributed by atoms with van der Waals surface area (Å²) in [6, 6.07) is 14.6. The van der Waals surface area contributed by atoms with Crippen molar-refractivity contribution in [3.8, 4) is 0 Å². The second-order valence-corrected chi connectivity index (χ2v) is 9.64. The Labute approximate surface area is 208 Å². The Bertz CT molecular complexity index is 1130. The van der Waals surface area contributed by atoms with Crippen molar-refractivity contribution in [2.75, 3.05) is 36.2 Å². The molecule has 7 heteroatoms. The first-order valence-electron chi connectivity index (χ1n) is 12.8. The molecule has 7 nitrogen and oxygen atoms in total. The number of rotatable bonds is 8. The number of nitrogens with zero attached hydrogens (tertiary/aromatic N) is 3. The van der Waals surface area contributed by atoms with Gasteiger partial charge in [-0.1, -0.05) is 44.2 Å². The predicted molar refractivity (Wildman–Crippen MR) is 145 cm³/mol. The van der Waals surface area contributed by atoms with Gasteiger partial charge in [-0.25, -0.2) is 9.78 Å². The topological polar surface area (TPSA) is 82.2 Å². The number of amides is 2. The van der Waals surface area contributed by atoms with E-state index in [0.29, 0.717) is 24.5 Å². The van der Waals surface area contributed by atoms with Crippen LogP contribution in [0.3, 0.4) is 0 Å². The van der Waals surface area contributed by atoms with Crippen LogP contribution in [-0.4, -0.2) is 42.7 Å². The van der Waals surface area contributed by atoms with Crippen LogP contribution in [0.1, 0.15) is 50.7 Å². The number of para-hydroxylation sites is 2. The van der Waals surface area contributed by atoms with Gasteiger partial charge in [0.1, 0.15) is 5.82 Å². The van der Waals surface area contributed by atoms with Gasteiger partial charge in [-0.2, -0.15) is 4.98 Å². The summed E-state index contributed by atoms with van der Waals surface area (Å²) in [5.74, 6) is 2.10. The lowest BCUT2D eigenvalue weighted by Gasteiger charge is -2.29. The zero-order valence-corrected chi connectivity index (χ0v) is 21.4. The van der Waals surface area contributed by atoms with E-state index in [9.17, 15) is 4.79 Å². The fourth-order valence-electron chi connectivity index (χ4n) is 4.96. The fraction of sp³-hybridized carbons (Fsp3) is 0.464. The Morgan fingerprint density at radius 2 is 1.63 bits per heavy atom. The smallest absolute Gasteiger partial charge is 0.319 e. The number of hydrogen-bond acceptors (Lipinski definition) is 5. The number of carbonyl (C=O) groups excluding carboxylic acids is 1. The normalized spacial score (nSPS) is 17.7. The van der Waals surface area contributed by atoms with Crippen LogP contribution in [-0.2, 0) is 12.8 Å². The Hall–Kier alpha value is -3.35. The van der Waals surface area contributed by atoms with E-state index in [1.165, 1.54) is 11.1 Å². The molecule has 3 N–H and O–H groups in total. The molecule has 0 radical (unpaired) electrons. The van der Waals surface area contributed by atoms with Gasteiger partial charge >= 0.3 is 6.03 Å². The van der Waals surface area contributed by atoms with Crippen LogP contribution < -0.4 is 20.9 Å². The summed E-state index contributed by atoms with van der Waals surface area (Å²) in [7, 11) is 4.02. The van der Waals surface area contributed by atoms with Gasteiger partial charge in [-0.05, 0) is 67.7 Å². The summed E-state index contributed by atoms with van der Waals surface area (Å²) in [5.41, 5.74) is 4.28. The maximum atomic E-state index is 12.6. The third kappa shape index (κ3) is 6.02. The zero-order chi connectivity index (χ0) is 24.8. The number of fused-ring (bicyclic) bond motifs is 1. The minimum Gasteiger partial charge on any atom is -0.362 e. The average molecular weight is 475 g/mol. The SMILES string of the molecule is CCc1cccc(CC)c1NC(=O)NC[C@H]1CC[C@@H](Nc2nc(N(C)C)c3ccccc3n2)CC1. The van der Waals surface area contributed by atoms with Crippen molar-refractivity contribution in [3.05, 3.63) is 53.6 Å². The monoisotopic (exact) mass is 474 g/mol. The minimum absolute atomic E-state index is 0.110. The van der Waals surface area contributed by atoms with Crippen LogP contribution in [0.25, 0.3) is 10.9 Å². The summed E-state index contributed by atoms with van der Waals surface area (Å²) < 4.78 is 0. The fourth-order valence-corrected chi connectivity index (χ4v) is 4.96. The van der Waals surface area contributed by atoms with Crippen LogP contribution >= 0.6 is 0 Å². The Morgan fingerprint density at radius 1 is 0.943 bits per heavy atom. The molecule has 1 heterocycles. The summed E-state index contributed by atoms with van der Waals surface area (Å²) in [4.78, 5) is 24.2. The van der Waals surface area contributed by atoms with E-state index in [1.807, 2.05) is 37.2 Å². The van der Waals surface area contributed by atoms with Crippen LogP contribution in [0.4, 0.5) is 22.2 Å². The molecule has 0 atom stereocenters. The van der Waals surface area contributed by atoms with E-state index in [0.717, 1.165) is 60.9 Å². The van der Waals surface area contributed by atoms with Crippen molar-refractivity contribution >= 4 is 34.4 Å². The molecular formula is C28H38N6O. The highest BCUT2D eigenvalue weighted by atomic mass is 16.2. The van der Waals surface area contributed by atoms with E-state index in [4.69, 9.17) is 9.97 Å². The van der Waals surface area contributed by atoms with Crippen molar-refractivity contribution in [3.63, 3.8) is 0 Å². The van der Waals surface area contributed by atoms with Crippen molar-refractivity contribution in [2.24, 2.45) is 5.92 Å². The number of aryl methyl sites for hydroxylation is 2. The largest absolute Gasteiger partial charge is 0.362 e. The molecule has 0 unspecified atom stereocenters. The highest BCUT2D eigenvalue weighted by Gasteiger charge is 2.23. The summed E-state index contributed by atoms with van der Waals surface area (Å²) in [6.45, 7) is 4.94. The number of nitrogens with one attached hydrogen (secondary N) is 3. The molecule has 0 saturated heterocycles. The van der Waals surface area contributed by atoms with E-state index in [2.05, 4.69) is 54.1 Å². The van der Waals surface area contributed by atoms with Crippen molar-refractivity contribution in [1.29, 1.82) is 0 Å². The quantitative estimate of drug-likeness (QED) is 0.395. The van der Waals surface area contributed by atoms with Gasteiger partial charge in [0.05, 0.1) is 5.52 Å². The number of carbonyl (C=O) groups is 1. The lowest BCUT2D eigenvalue weighted by atomic mass is 9.86. The summed E-state index contributed by atoms with van der Waals surface area (Å²) in [5, 5.41) is 10.8. The number of benzene rings is 2. The molecule has 186 valence electrons. The van der Waals surface area contributed by atoms with Gasteiger partial charge in [0.25, 0.3) is 0 Å². The number of aromatic nitrogens is 2. The summed E-state index contributed by atoms with van der Waals surface area (Å²) in [6.07, 6.45) is 6.02. The minimum atomic E-state index is -0.110. The van der Waals surface area contributed by atoms with E-state index >= 15 is 0 Å². The van der Waals surface area contributed by atoms with Gasteiger partial charge in [0.2, 0.25) is 5.95 Å². The van der Waals surface area contributed by atoms with Crippen LogP contribution in [0.15, 0.2) is 42.5 Å². The van der Waals surface area contributed by atoms with E-state index < -0.39 is 0 Å². The van der Waals surface area contributed by atoms with Crippen molar-refractivity contribution in [1.82, 2.24) is 15.3 Å². The lowest BCUT2D eigenvalue weighted by molar-refractivity contribution is 0.246. The first-order chi connectivity index (χ1) is 17.0. The Kier molecular flexibility index (Phi) is 8.06. The molecule has 0 aliphatic heterocycles. The van der Waals surface area contributed by atoms with Gasteiger partial charge in [0, 0.05) is 37.8 Å². The van der Waals surface area contributed by atoms with Gasteiger partial charge in [-0.3, -0.25) is 0 Å². The molecule has 2 amide bonds. The molecule has 1 saturated carbocycles. The molecule has 1 fully saturated rings. The molecule has 3 aromatic rings. The second kappa shape index (κ2) is 11.4. The van der Waals surface area contributed by atoms with Crippen LogP contribution in [0.5, 0.6) is 0 Å². The van der Waals surface area contributed by atoms with Crippen LogP contribution in [0, 0.1) is 5.92 Å². The molecule has 0 bridgehead atoms. The van der Waals surface area contributed by atoms with Crippen molar-refractivity contribution < 1.29 is 4.79 Å². The standard InChI is InChI=1S/C28H38N6O/c1-5-20-10-9-11-21(6-2)25(20)32-28(35)29-18-19-14-16-22(17-15-19)30-27-31-24-13-8-7-12-23(24)26(33-27)34(3)4/h7-13,19,22H,5-6,14-18H2,1-4H3,(H2,29,32,35)(H,30,31,33)/t19-,22+. The number of urea groups is 1. The third-order valence-electron chi connectivity index (χ3n) is 6.98. The number of anilines is 3. The molecule has 4 rings (SSSR count).